The number of carbonyl (C=O) groups excluding carboxylic acids is 2. The summed E-state index contributed by atoms with van der Waals surface area (Å²) in [5.74, 6) is 0.717. The van der Waals surface area contributed by atoms with Crippen molar-refractivity contribution in [1.82, 2.24) is 9.21 Å². The summed E-state index contributed by atoms with van der Waals surface area (Å²) in [5, 5.41) is 15.8. The van der Waals surface area contributed by atoms with Crippen LogP contribution in [0.2, 0.25) is 0 Å². The molecule has 276 valence electrons. The van der Waals surface area contributed by atoms with E-state index < -0.39 is 34.1 Å². The number of ether oxygens (including phenoxy) is 4. The molecule has 3 aromatic rings. The van der Waals surface area contributed by atoms with Crippen LogP contribution >= 0.6 is 0 Å². The molecule has 0 spiro atoms. The fourth-order valence-electron chi connectivity index (χ4n) is 5.97. The number of nitrogens with one attached hydrogen (secondary N) is 2. The number of urea groups is 1. The lowest BCUT2D eigenvalue weighted by Gasteiger charge is -2.35. The van der Waals surface area contributed by atoms with Crippen LogP contribution in [0, 0.1) is 12.8 Å². The Morgan fingerprint density at radius 3 is 2.35 bits per heavy atom. The summed E-state index contributed by atoms with van der Waals surface area (Å²) in [7, 11) is -2.27. The van der Waals surface area contributed by atoms with Crippen LogP contribution in [0.1, 0.15) is 56.0 Å². The Bertz CT molecular complexity index is 1790. The molecule has 2 aliphatic rings. The molecule has 51 heavy (non-hydrogen) atoms. The third kappa shape index (κ3) is 9.50. The van der Waals surface area contributed by atoms with Gasteiger partial charge in [0.1, 0.15) is 5.75 Å². The second-order valence-corrected chi connectivity index (χ2v) is 15.3. The number of fused-ring (bicyclic) bond motifs is 2. The fourth-order valence-corrected chi connectivity index (χ4v) is 7.16. The molecular formula is C37H48N4O9S. The number of carbonyl (C=O) groups is 2. The highest BCUT2D eigenvalue weighted by Gasteiger charge is 2.32. The second kappa shape index (κ2) is 16.8. The van der Waals surface area contributed by atoms with E-state index in [1.165, 1.54) is 11.4 Å². The molecule has 0 radical (unpaired) electrons. The lowest BCUT2D eigenvalue weighted by atomic mass is 10.0. The zero-order valence-electron chi connectivity index (χ0n) is 29.8. The van der Waals surface area contributed by atoms with Crippen LogP contribution in [0.25, 0.3) is 0 Å². The van der Waals surface area contributed by atoms with Gasteiger partial charge in [-0.3, -0.25) is 4.79 Å². The van der Waals surface area contributed by atoms with E-state index in [1.807, 2.05) is 20.8 Å². The number of nitrogens with zero attached hydrogens (tertiary/aromatic N) is 2. The number of likely N-dealkylation sites (N-methyl/N-ethyl adjacent to an activating group) is 1. The maximum Gasteiger partial charge on any atom is 0.323 e. The SMILES string of the molecule is Cc1ccc(S(=O)(=O)N(C)C[C@@H]2OCCCC[C@H](C)Oc3ccc(NC(=O)Nc4ccc5c(c4)OCO5)cc3C(=O)N([C@H](C)CO)C[C@H]2C)cc1. The Morgan fingerprint density at radius 1 is 0.980 bits per heavy atom. The molecule has 14 heteroatoms. The van der Waals surface area contributed by atoms with Gasteiger partial charge in [0.15, 0.2) is 11.5 Å². The molecule has 0 fully saturated rings. The summed E-state index contributed by atoms with van der Waals surface area (Å²) in [5.41, 5.74) is 2.01. The van der Waals surface area contributed by atoms with Gasteiger partial charge in [-0.25, -0.2) is 13.2 Å². The highest BCUT2D eigenvalue weighted by Crippen LogP contribution is 2.34. The predicted molar refractivity (Wildman–Crippen MR) is 193 cm³/mol. The topological polar surface area (TPSA) is 156 Å². The Morgan fingerprint density at radius 2 is 1.65 bits per heavy atom. The summed E-state index contributed by atoms with van der Waals surface area (Å²) in [6, 6.07) is 15.5. The molecule has 2 aliphatic heterocycles. The van der Waals surface area contributed by atoms with Crippen molar-refractivity contribution in [3.8, 4) is 17.2 Å². The summed E-state index contributed by atoms with van der Waals surface area (Å²) in [4.78, 5) is 29.2. The molecule has 13 nitrogen and oxygen atoms in total. The molecule has 0 unspecified atom stereocenters. The highest BCUT2D eigenvalue weighted by atomic mass is 32.2. The Kier molecular flexibility index (Phi) is 12.5. The molecule has 4 atom stereocenters. The van der Waals surface area contributed by atoms with E-state index in [9.17, 15) is 23.1 Å². The molecule has 5 rings (SSSR count). The number of benzene rings is 3. The summed E-state index contributed by atoms with van der Waals surface area (Å²) in [6.45, 7) is 7.89. The van der Waals surface area contributed by atoms with E-state index in [4.69, 9.17) is 18.9 Å². The standard InChI is InChI=1S/C37H48N4O9S/c1-24-9-13-30(14-10-24)51(45,46)40(5)21-35-25(2)20-41(26(3)22-42)36(43)31-18-28(11-15-32(31)50-27(4)8-6-7-17-47-35)38-37(44)39-29-12-16-33-34(19-29)49-23-48-33/h9-16,18-19,25-27,35,42H,6-8,17,20-23H2,1-5H3,(H2,38,39,44)/t25-,26-,27+,35+/m1/s1. The number of sulfonamides is 1. The number of anilines is 2. The fraction of sp³-hybridized carbons (Fsp3) is 0.459. The van der Waals surface area contributed by atoms with Crippen molar-refractivity contribution in [1.29, 1.82) is 0 Å². The van der Waals surface area contributed by atoms with Crippen molar-refractivity contribution in [2.75, 3.05) is 50.8 Å². The number of aliphatic hydroxyl groups is 1. The first-order valence-corrected chi connectivity index (χ1v) is 18.6. The first kappa shape index (κ1) is 37.9. The minimum absolute atomic E-state index is 0.0650. The minimum atomic E-state index is -3.80. The third-order valence-electron chi connectivity index (χ3n) is 9.11. The summed E-state index contributed by atoms with van der Waals surface area (Å²) in [6.07, 6.45) is 1.41. The zero-order valence-corrected chi connectivity index (χ0v) is 30.6. The molecule has 0 bridgehead atoms. The van der Waals surface area contributed by atoms with Crippen LogP contribution < -0.4 is 24.8 Å². The second-order valence-electron chi connectivity index (χ2n) is 13.3. The Labute approximate surface area is 299 Å². The monoisotopic (exact) mass is 724 g/mol. The minimum Gasteiger partial charge on any atom is -0.490 e. The van der Waals surface area contributed by atoms with Gasteiger partial charge in [-0.15, -0.1) is 0 Å². The van der Waals surface area contributed by atoms with Crippen molar-refractivity contribution >= 4 is 33.3 Å². The van der Waals surface area contributed by atoms with Crippen molar-refractivity contribution in [2.45, 2.75) is 70.1 Å². The molecule has 0 saturated carbocycles. The van der Waals surface area contributed by atoms with Gasteiger partial charge in [-0.2, -0.15) is 4.31 Å². The van der Waals surface area contributed by atoms with Gasteiger partial charge in [0.2, 0.25) is 16.8 Å². The number of amides is 3. The number of aryl methyl sites for hydroxylation is 1. The van der Waals surface area contributed by atoms with Crippen LogP contribution in [-0.2, 0) is 14.8 Å². The largest absolute Gasteiger partial charge is 0.490 e. The average Bonchev–Trinajstić information content (AvgIpc) is 3.57. The predicted octanol–water partition coefficient (Wildman–Crippen LogP) is 5.48. The lowest BCUT2D eigenvalue weighted by Crippen LogP contribution is -2.48. The van der Waals surface area contributed by atoms with E-state index in [0.29, 0.717) is 41.7 Å². The van der Waals surface area contributed by atoms with Gasteiger partial charge >= 0.3 is 6.03 Å². The molecule has 0 saturated heterocycles. The van der Waals surface area contributed by atoms with E-state index in [2.05, 4.69) is 10.6 Å². The van der Waals surface area contributed by atoms with Gasteiger partial charge in [-0.1, -0.05) is 24.6 Å². The van der Waals surface area contributed by atoms with Crippen molar-refractivity contribution in [3.63, 3.8) is 0 Å². The quantitative estimate of drug-likeness (QED) is 0.274. The summed E-state index contributed by atoms with van der Waals surface area (Å²) < 4.78 is 51.6. The van der Waals surface area contributed by atoms with Crippen LogP contribution in [0.3, 0.4) is 0 Å². The van der Waals surface area contributed by atoms with E-state index in [-0.39, 0.29) is 49.0 Å². The molecule has 2 heterocycles. The van der Waals surface area contributed by atoms with Gasteiger partial charge in [0.25, 0.3) is 5.91 Å². The molecule has 3 aromatic carbocycles. The maximum atomic E-state index is 14.4. The lowest BCUT2D eigenvalue weighted by molar-refractivity contribution is -0.00834. The molecule has 3 amide bonds. The highest BCUT2D eigenvalue weighted by molar-refractivity contribution is 7.89. The van der Waals surface area contributed by atoms with Crippen LogP contribution in [0.5, 0.6) is 17.2 Å². The molecule has 0 aliphatic carbocycles. The Balaban J connectivity index is 1.39. The van der Waals surface area contributed by atoms with Crippen LogP contribution in [0.15, 0.2) is 65.6 Å². The first-order valence-electron chi connectivity index (χ1n) is 17.2. The van der Waals surface area contributed by atoms with Crippen molar-refractivity contribution < 1.29 is 42.1 Å². The van der Waals surface area contributed by atoms with E-state index >= 15 is 0 Å². The van der Waals surface area contributed by atoms with E-state index in [0.717, 1.165) is 18.4 Å². The molecular weight excluding hydrogens is 676 g/mol. The third-order valence-corrected chi connectivity index (χ3v) is 10.9. The average molecular weight is 725 g/mol. The smallest absolute Gasteiger partial charge is 0.323 e. The number of rotatable bonds is 8. The van der Waals surface area contributed by atoms with Crippen molar-refractivity contribution in [2.24, 2.45) is 5.92 Å². The summed E-state index contributed by atoms with van der Waals surface area (Å²) >= 11 is 0. The van der Waals surface area contributed by atoms with Crippen molar-refractivity contribution in [3.05, 3.63) is 71.8 Å². The van der Waals surface area contributed by atoms with Gasteiger partial charge in [0.05, 0.1) is 35.3 Å². The molecule has 3 N–H and O–H groups in total. The van der Waals surface area contributed by atoms with Crippen LogP contribution in [-0.4, -0.2) is 93.1 Å². The van der Waals surface area contributed by atoms with Gasteiger partial charge in [0, 0.05) is 50.1 Å². The van der Waals surface area contributed by atoms with E-state index in [1.54, 1.807) is 72.5 Å². The maximum absolute atomic E-state index is 14.4. The van der Waals surface area contributed by atoms with Gasteiger partial charge in [-0.05, 0) is 82.5 Å². The number of hydrogen-bond donors (Lipinski definition) is 3. The zero-order chi connectivity index (χ0) is 36.7. The van der Waals surface area contributed by atoms with Gasteiger partial charge < -0.3 is 39.6 Å². The van der Waals surface area contributed by atoms with Crippen LogP contribution in [0.4, 0.5) is 16.2 Å². The number of aliphatic hydroxyl groups excluding tert-OH is 1. The number of hydrogen-bond acceptors (Lipinski definition) is 9. The molecule has 0 aromatic heterocycles. The first-order chi connectivity index (χ1) is 24.3. The Hall–Kier alpha value is -4.37. The normalized spacial score (nSPS) is 20.6.